The molecule has 0 aliphatic carbocycles. The smallest absolute Gasteiger partial charge is 0.266 e. The van der Waals surface area contributed by atoms with Crippen molar-refractivity contribution in [1.29, 1.82) is 0 Å². The van der Waals surface area contributed by atoms with Crippen molar-refractivity contribution in [3.8, 4) is 0 Å². The van der Waals surface area contributed by atoms with Gasteiger partial charge in [0.2, 0.25) is 0 Å². The van der Waals surface area contributed by atoms with Crippen LogP contribution in [0.1, 0.15) is 5.56 Å². The Bertz CT molecular complexity index is 810. The Labute approximate surface area is 130 Å². The van der Waals surface area contributed by atoms with Crippen LogP contribution in [0.5, 0.6) is 0 Å². The summed E-state index contributed by atoms with van der Waals surface area (Å²) in [6.45, 7) is 0.481. The maximum Gasteiger partial charge on any atom is 0.282 e. The molecule has 3 aromatic rings. The minimum absolute atomic E-state index is 0.135. The zero-order valence-corrected chi connectivity index (χ0v) is 13.6. The van der Waals surface area contributed by atoms with Gasteiger partial charge >= 0.3 is 0 Å². The van der Waals surface area contributed by atoms with E-state index in [1.807, 2.05) is 12.1 Å². The highest BCUT2D eigenvalue weighted by Gasteiger charge is 2.09. The molecule has 0 saturated heterocycles. The normalized spacial score (nSPS) is 11.1. The quantitative estimate of drug-likeness (QED) is 0.651. The molecule has 19 heavy (non-hydrogen) atoms. The zero-order chi connectivity index (χ0) is 13.4. The van der Waals surface area contributed by atoms with Crippen LogP contribution in [0.25, 0.3) is 10.1 Å². The van der Waals surface area contributed by atoms with E-state index in [1.165, 1.54) is 14.8 Å². The van der Waals surface area contributed by atoms with Crippen LogP contribution in [0, 0.1) is 0 Å². The van der Waals surface area contributed by atoms with Crippen molar-refractivity contribution in [2.75, 3.05) is 0 Å². The summed E-state index contributed by atoms with van der Waals surface area (Å²) in [6, 6.07) is 8.17. The molecule has 0 atom stereocenters. The molecular formula is C13H8Br2N2OS. The second-order valence-corrected chi connectivity index (χ2v) is 6.58. The van der Waals surface area contributed by atoms with Gasteiger partial charge in [-0.2, -0.15) is 5.10 Å². The summed E-state index contributed by atoms with van der Waals surface area (Å²) in [5.41, 5.74) is 0.981. The maximum atomic E-state index is 12.1. The van der Waals surface area contributed by atoms with Crippen molar-refractivity contribution < 1.29 is 0 Å². The van der Waals surface area contributed by atoms with Gasteiger partial charge < -0.3 is 0 Å². The Hall–Kier alpha value is -0.980. The average Bonchev–Trinajstić information content (AvgIpc) is 2.83. The summed E-state index contributed by atoms with van der Waals surface area (Å²) in [5, 5.41) is 7.41. The van der Waals surface area contributed by atoms with Crippen LogP contribution in [0.15, 0.2) is 49.6 Å². The lowest BCUT2D eigenvalue weighted by atomic mass is 10.2. The van der Waals surface area contributed by atoms with E-state index in [2.05, 4.69) is 54.5 Å². The Morgan fingerprint density at radius 1 is 1.26 bits per heavy atom. The first kappa shape index (κ1) is 13.0. The molecule has 96 valence electrons. The molecule has 0 aliphatic heterocycles. The second-order valence-electron chi connectivity index (χ2n) is 4.03. The Kier molecular flexibility index (Phi) is 3.56. The van der Waals surface area contributed by atoms with Crippen molar-refractivity contribution in [2.24, 2.45) is 0 Å². The molecule has 6 heteroatoms. The Morgan fingerprint density at radius 2 is 2.05 bits per heavy atom. The Morgan fingerprint density at radius 3 is 2.89 bits per heavy atom. The number of benzene rings is 1. The maximum absolute atomic E-state index is 12.1. The van der Waals surface area contributed by atoms with Gasteiger partial charge in [-0.3, -0.25) is 4.79 Å². The van der Waals surface area contributed by atoms with E-state index in [4.69, 9.17) is 0 Å². The lowest BCUT2D eigenvalue weighted by Gasteiger charge is -2.05. The molecule has 0 N–H and O–H groups in total. The van der Waals surface area contributed by atoms with Crippen LogP contribution in [-0.2, 0) is 6.54 Å². The predicted molar refractivity (Wildman–Crippen MR) is 84.8 cm³/mol. The number of nitrogens with zero attached hydrogens (tertiary/aromatic N) is 2. The summed E-state index contributed by atoms with van der Waals surface area (Å²) >= 11 is 8.23. The van der Waals surface area contributed by atoms with Gasteiger partial charge in [0.1, 0.15) is 4.47 Å². The molecular weight excluding hydrogens is 392 g/mol. The molecule has 0 unspecified atom stereocenters. The van der Waals surface area contributed by atoms with Crippen LogP contribution in [0.4, 0.5) is 0 Å². The van der Waals surface area contributed by atoms with E-state index in [0.717, 1.165) is 5.56 Å². The van der Waals surface area contributed by atoms with Crippen molar-refractivity contribution in [2.45, 2.75) is 6.54 Å². The lowest BCUT2D eigenvalue weighted by molar-refractivity contribution is 0.636. The third kappa shape index (κ3) is 2.40. The summed E-state index contributed by atoms with van der Waals surface area (Å²) in [7, 11) is 0. The van der Waals surface area contributed by atoms with E-state index in [9.17, 15) is 4.79 Å². The fraction of sp³-hybridized carbons (Fsp3) is 0.0769. The van der Waals surface area contributed by atoms with Gasteiger partial charge in [-0.1, -0.05) is 18.2 Å². The van der Waals surface area contributed by atoms with Crippen LogP contribution in [0.2, 0.25) is 0 Å². The van der Waals surface area contributed by atoms with Gasteiger partial charge in [-0.15, -0.1) is 11.3 Å². The number of halogens is 2. The molecule has 2 heterocycles. The third-order valence-corrected chi connectivity index (χ3v) is 5.74. The van der Waals surface area contributed by atoms with Crippen molar-refractivity contribution >= 4 is 53.3 Å². The van der Waals surface area contributed by atoms with Crippen LogP contribution in [-0.4, -0.2) is 9.78 Å². The number of thiophene rings is 1. The predicted octanol–water partition coefficient (Wildman–Crippen LogP) is 4.03. The summed E-state index contributed by atoms with van der Waals surface area (Å²) < 4.78 is 3.86. The van der Waals surface area contributed by atoms with Crippen LogP contribution >= 0.6 is 43.2 Å². The third-order valence-electron chi connectivity index (χ3n) is 2.82. The standard InChI is InChI=1S/C13H8Br2N2OS/c14-10-5-16-17(13(18)12(10)15)6-8-7-19-11-4-2-1-3-9(8)11/h1-5,7H,6H2. The van der Waals surface area contributed by atoms with Gasteiger partial charge in [0.25, 0.3) is 5.56 Å². The van der Waals surface area contributed by atoms with Gasteiger partial charge in [0.05, 0.1) is 17.2 Å². The highest BCUT2D eigenvalue weighted by molar-refractivity contribution is 9.13. The molecule has 0 saturated carbocycles. The SMILES string of the molecule is O=c1c(Br)c(Br)cnn1Cc1csc2ccccc12. The van der Waals surface area contributed by atoms with Crippen molar-refractivity contribution in [3.05, 3.63) is 60.7 Å². The van der Waals surface area contributed by atoms with E-state index in [-0.39, 0.29) is 5.56 Å². The first-order valence-corrected chi connectivity index (χ1v) is 7.99. The van der Waals surface area contributed by atoms with Gasteiger partial charge in [0, 0.05) is 4.70 Å². The monoisotopic (exact) mass is 398 g/mol. The van der Waals surface area contributed by atoms with Gasteiger partial charge in [0.15, 0.2) is 0 Å². The summed E-state index contributed by atoms with van der Waals surface area (Å²) in [5.74, 6) is 0. The van der Waals surface area contributed by atoms with E-state index < -0.39 is 0 Å². The van der Waals surface area contributed by atoms with Gasteiger partial charge in [-0.25, -0.2) is 4.68 Å². The number of hydrogen-bond acceptors (Lipinski definition) is 3. The van der Waals surface area contributed by atoms with Crippen molar-refractivity contribution in [1.82, 2.24) is 9.78 Å². The molecule has 2 aromatic heterocycles. The molecule has 1 aromatic carbocycles. The molecule has 0 radical (unpaired) electrons. The molecule has 0 amide bonds. The highest BCUT2D eigenvalue weighted by atomic mass is 79.9. The molecule has 0 spiro atoms. The first-order valence-electron chi connectivity index (χ1n) is 5.53. The number of fused-ring (bicyclic) bond motifs is 1. The molecule has 0 bridgehead atoms. The first-order chi connectivity index (χ1) is 9.16. The summed E-state index contributed by atoms with van der Waals surface area (Å²) in [4.78, 5) is 12.1. The number of rotatable bonds is 2. The zero-order valence-electron chi connectivity index (χ0n) is 9.64. The average molecular weight is 400 g/mol. The minimum atomic E-state index is -0.135. The second kappa shape index (κ2) is 5.19. The molecule has 0 fully saturated rings. The minimum Gasteiger partial charge on any atom is -0.266 e. The number of aromatic nitrogens is 2. The van der Waals surface area contributed by atoms with Crippen LogP contribution in [0.3, 0.4) is 0 Å². The Balaban J connectivity index is 2.07. The fourth-order valence-electron chi connectivity index (χ4n) is 1.87. The molecule has 3 rings (SSSR count). The fourth-order valence-corrected chi connectivity index (χ4v) is 3.40. The van der Waals surface area contributed by atoms with E-state index >= 15 is 0 Å². The molecule has 3 nitrogen and oxygen atoms in total. The lowest BCUT2D eigenvalue weighted by Crippen LogP contribution is -2.23. The van der Waals surface area contributed by atoms with Gasteiger partial charge in [-0.05, 0) is 54.3 Å². The van der Waals surface area contributed by atoms with Crippen molar-refractivity contribution in [3.63, 3.8) is 0 Å². The summed E-state index contributed by atoms with van der Waals surface area (Å²) in [6.07, 6.45) is 1.63. The topological polar surface area (TPSA) is 34.9 Å². The number of hydrogen-bond donors (Lipinski definition) is 0. The van der Waals surface area contributed by atoms with Crippen LogP contribution < -0.4 is 5.56 Å². The molecule has 0 aliphatic rings. The largest absolute Gasteiger partial charge is 0.282 e. The van der Waals surface area contributed by atoms with E-state index in [0.29, 0.717) is 15.5 Å². The van der Waals surface area contributed by atoms with E-state index in [1.54, 1.807) is 17.5 Å². The highest BCUT2D eigenvalue weighted by Crippen LogP contribution is 2.26.